The molecule has 0 unspecified atom stereocenters. The van der Waals surface area contributed by atoms with Gasteiger partial charge in [0.15, 0.2) is 5.82 Å². The van der Waals surface area contributed by atoms with Gasteiger partial charge in [-0.2, -0.15) is 0 Å². The summed E-state index contributed by atoms with van der Waals surface area (Å²) in [7, 11) is 0. The third kappa shape index (κ3) is 4.38. The van der Waals surface area contributed by atoms with E-state index in [9.17, 15) is 0 Å². The lowest BCUT2D eigenvalue weighted by molar-refractivity contribution is 0.0378. The molecular formula is C21H23ClN4O. The van der Waals surface area contributed by atoms with E-state index in [0.29, 0.717) is 10.8 Å². The topological polar surface area (TPSA) is 50.3 Å². The van der Waals surface area contributed by atoms with Gasteiger partial charge < -0.3 is 10.1 Å². The quantitative estimate of drug-likeness (QED) is 0.651. The number of halogens is 1. The van der Waals surface area contributed by atoms with Crippen molar-refractivity contribution < 1.29 is 4.74 Å². The van der Waals surface area contributed by atoms with Gasteiger partial charge in [-0.3, -0.25) is 4.90 Å². The summed E-state index contributed by atoms with van der Waals surface area (Å²) < 4.78 is 5.40. The van der Waals surface area contributed by atoms with Gasteiger partial charge in [0.05, 0.1) is 23.8 Å². The molecule has 1 saturated heterocycles. The number of fused-ring (bicyclic) bond motifs is 1. The molecule has 0 amide bonds. The molecule has 1 aromatic heterocycles. The summed E-state index contributed by atoms with van der Waals surface area (Å²) in [6.45, 7) is 5.65. The monoisotopic (exact) mass is 382 g/mol. The molecule has 3 aromatic rings. The lowest BCUT2D eigenvalue weighted by atomic mass is 10.2. The summed E-state index contributed by atoms with van der Waals surface area (Å²) in [5.74, 6) is 1.51. The van der Waals surface area contributed by atoms with Crippen LogP contribution in [0.15, 0.2) is 48.5 Å². The highest BCUT2D eigenvalue weighted by Crippen LogP contribution is 2.29. The van der Waals surface area contributed by atoms with Gasteiger partial charge in [0.2, 0.25) is 0 Å². The van der Waals surface area contributed by atoms with Crippen LogP contribution in [-0.4, -0.2) is 54.3 Å². The zero-order valence-electron chi connectivity index (χ0n) is 15.2. The Kier molecular flexibility index (Phi) is 5.82. The van der Waals surface area contributed by atoms with Crippen LogP contribution in [0.4, 0.5) is 5.82 Å². The summed E-state index contributed by atoms with van der Waals surface area (Å²) in [6.07, 6.45) is 1.06. The summed E-state index contributed by atoms with van der Waals surface area (Å²) in [4.78, 5) is 11.9. The second kappa shape index (κ2) is 8.65. The van der Waals surface area contributed by atoms with Gasteiger partial charge in [0.1, 0.15) is 5.82 Å². The predicted octanol–water partition coefficient (Wildman–Crippen LogP) is 4.08. The molecule has 1 N–H and O–H groups in total. The van der Waals surface area contributed by atoms with Gasteiger partial charge in [-0.1, -0.05) is 35.9 Å². The molecule has 0 radical (unpaired) electrons. The summed E-state index contributed by atoms with van der Waals surface area (Å²) in [5.41, 5.74) is 1.76. The second-order valence-corrected chi connectivity index (χ2v) is 7.03. The Hall–Kier alpha value is -2.21. The van der Waals surface area contributed by atoms with Crippen LogP contribution in [-0.2, 0) is 4.74 Å². The Morgan fingerprint density at radius 1 is 1.00 bits per heavy atom. The van der Waals surface area contributed by atoms with Crippen molar-refractivity contribution in [1.82, 2.24) is 14.9 Å². The maximum atomic E-state index is 6.36. The number of hydrogen-bond acceptors (Lipinski definition) is 5. The van der Waals surface area contributed by atoms with Gasteiger partial charge in [-0.25, -0.2) is 9.97 Å². The summed E-state index contributed by atoms with van der Waals surface area (Å²) in [5, 5.41) is 5.19. The first-order valence-electron chi connectivity index (χ1n) is 9.37. The molecular weight excluding hydrogens is 360 g/mol. The molecule has 0 aliphatic carbocycles. The van der Waals surface area contributed by atoms with Crippen LogP contribution >= 0.6 is 11.6 Å². The number of para-hydroxylation sites is 1. The van der Waals surface area contributed by atoms with Gasteiger partial charge in [-0.05, 0) is 37.2 Å². The van der Waals surface area contributed by atoms with Crippen molar-refractivity contribution in [3.63, 3.8) is 0 Å². The normalized spacial score (nSPS) is 15.1. The number of hydrogen-bond donors (Lipinski definition) is 1. The van der Waals surface area contributed by atoms with Crippen LogP contribution in [0.2, 0.25) is 5.02 Å². The highest BCUT2D eigenvalue weighted by molar-refractivity contribution is 6.33. The van der Waals surface area contributed by atoms with E-state index in [0.717, 1.165) is 68.1 Å². The standard InChI is InChI=1S/C21H23ClN4O/c22-18-8-3-1-6-16(18)21-24-19-9-4-2-7-17(19)20(25-21)23-10-5-11-26-12-14-27-15-13-26/h1-4,6-9H,5,10-15H2,(H,23,24,25). The third-order valence-corrected chi connectivity index (χ3v) is 5.09. The van der Waals surface area contributed by atoms with Gasteiger partial charge in [0.25, 0.3) is 0 Å². The highest BCUT2D eigenvalue weighted by Gasteiger charge is 2.12. The first-order chi connectivity index (χ1) is 13.3. The molecule has 0 saturated carbocycles. The van der Waals surface area contributed by atoms with E-state index in [4.69, 9.17) is 26.3 Å². The maximum absolute atomic E-state index is 6.36. The number of nitrogens with one attached hydrogen (secondary N) is 1. The molecule has 1 aliphatic rings. The van der Waals surface area contributed by atoms with E-state index in [1.807, 2.05) is 42.5 Å². The molecule has 2 heterocycles. The van der Waals surface area contributed by atoms with Crippen molar-refractivity contribution in [3.8, 4) is 11.4 Å². The molecule has 1 fully saturated rings. The molecule has 4 rings (SSSR count). The predicted molar refractivity (Wildman–Crippen MR) is 110 cm³/mol. The number of nitrogens with zero attached hydrogens (tertiary/aromatic N) is 3. The SMILES string of the molecule is Clc1ccccc1-c1nc(NCCCN2CCOCC2)c2ccccc2n1. The summed E-state index contributed by atoms with van der Waals surface area (Å²) in [6, 6.07) is 15.8. The number of rotatable bonds is 6. The summed E-state index contributed by atoms with van der Waals surface area (Å²) >= 11 is 6.36. The zero-order valence-corrected chi connectivity index (χ0v) is 16.0. The number of ether oxygens (including phenoxy) is 1. The fraction of sp³-hybridized carbons (Fsp3) is 0.333. The van der Waals surface area contributed by atoms with E-state index in [1.165, 1.54) is 0 Å². The average Bonchev–Trinajstić information content (AvgIpc) is 2.72. The second-order valence-electron chi connectivity index (χ2n) is 6.63. The largest absolute Gasteiger partial charge is 0.379 e. The van der Waals surface area contributed by atoms with Crippen molar-refractivity contribution in [3.05, 3.63) is 53.6 Å². The van der Waals surface area contributed by atoms with E-state index in [2.05, 4.69) is 16.3 Å². The van der Waals surface area contributed by atoms with Crippen LogP contribution in [0.5, 0.6) is 0 Å². The van der Waals surface area contributed by atoms with Gasteiger partial charge in [0, 0.05) is 30.6 Å². The molecule has 0 bridgehead atoms. The van der Waals surface area contributed by atoms with Crippen LogP contribution in [0, 0.1) is 0 Å². The minimum Gasteiger partial charge on any atom is -0.379 e. The highest BCUT2D eigenvalue weighted by atomic mass is 35.5. The average molecular weight is 383 g/mol. The number of morpholine rings is 1. The lowest BCUT2D eigenvalue weighted by Crippen LogP contribution is -2.37. The van der Waals surface area contributed by atoms with E-state index in [1.54, 1.807) is 0 Å². The zero-order chi connectivity index (χ0) is 18.5. The van der Waals surface area contributed by atoms with Gasteiger partial charge >= 0.3 is 0 Å². The first-order valence-corrected chi connectivity index (χ1v) is 9.75. The van der Waals surface area contributed by atoms with Crippen LogP contribution in [0.3, 0.4) is 0 Å². The molecule has 5 nitrogen and oxygen atoms in total. The molecule has 6 heteroatoms. The first kappa shape index (κ1) is 18.2. The van der Waals surface area contributed by atoms with E-state index >= 15 is 0 Å². The number of aromatic nitrogens is 2. The Labute approximate surface area is 164 Å². The Bertz CT molecular complexity index is 912. The van der Waals surface area contributed by atoms with Gasteiger partial charge in [-0.15, -0.1) is 0 Å². The number of anilines is 1. The molecule has 0 atom stereocenters. The fourth-order valence-corrected chi connectivity index (χ4v) is 3.53. The van der Waals surface area contributed by atoms with Crippen molar-refractivity contribution in [2.24, 2.45) is 0 Å². The molecule has 1 aliphatic heterocycles. The maximum Gasteiger partial charge on any atom is 0.163 e. The van der Waals surface area contributed by atoms with E-state index in [-0.39, 0.29) is 0 Å². The van der Waals surface area contributed by atoms with Crippen molar-refractivity contribution in [2.75, 3.05) is 44.7 Å². The third-order valence-electron chi connectivity index (χ3n) is 4.77. The Morgan fingerprint density at radius 2 is 1.78 bits per heavy atom. The molecule has 140 valence electrons. The van der Waals surface area contributed by atoms with E-state index < -0.39 is 0 Å². The van der Waals surface area contributed by atoms with Crippen molar-refractivity contribution in [1.29, 1.82) is 0 Å². The van der Waals surface area contributed by atoms with Crippen molar-refractivity contribution >= 4 is 28.3 Å². The fourth-order valence-electron chi connectivity index (χ4n) is 3.31. The molecule has 0 spiro atoms. The minimum absolute atomic E-state index is 0.648. The van der Waals surface area contributed by atoms with Crippen LogP contribution < -0.4 is 5.32 Å². The molecule has 27 heavy (non-hydrogen) atoms. The Morgan fingerprint density at radius 3 is 2.63 bits per heavy atom. The van der Waals surface area contributed by atoms with Crippen LogP contribution in [0.1, 0.15) is 6.42 Å². The molecule has 2 aromatic carbocycles. The Balaban J connectivity index is 1.53. The van der Waals surface area contributed by atoms with Crippen LogP contribution in [0.25, 0.3) is 22.3 Å². The lowest BCUT2D eigenvalue weighted by Gasteiger charge is -2.26. The smallest absolute Gasteiger partial charge is 0.163 e. The number of benzene rings is 2. The van der Waals surface area contributed by atoms with Crippen molar-refractivity contribution in [2.45, 2.75) is 6.42 Å². The minimum atomic E-state index is 0.648.